The van der Waals surface area contributed by atoms with Gasteiger partial charge in [0.1, 0.15) is 17.1 Å². The molecular weight excluding hydrogens is 502 g/mol. The van der Waals surface area contributed by atoms with Gasteiger partial charge in [-0.2, -0.15) is 0 Å². The Bertz CT molecular complexity index is 1600. The number of ether oxygens (including phenoxy) is 2. The van der Waals surface area contributed by atoms with Crippen LogP contribution in [0.25, 0.3) is 16.7 Å². The van der Waals surface area contributed by atoms with E-state index in [2.05, 4.69) is 21.9 Å². The van der Waals surface area contributed by atoms with Crippen LogP contribution in [0.5, 0.6) is 5.75 Å². The minimum absolute atomic E-state index is 0.0215. The fourth-order valence-corrected chi connectivity index (χ4v) is 4.88. The minimum atomic E-state index is -1.62. The zero-order valence-corrected chi connectivity index (χ0v) is 20.9. The van der Waals surface area contributed by atoms with Crippen LogP contribution in [-0.4, -0.2) is 58.1 Å². The number of benzene rings is 1. The van der Waals surface area contributed by atoms with E-state index in [4.69, 9.17) is 13.9 Å². The number of nitrogens with one attached hydrogen (secondary N) is 1. The topological polar surface area (TPSA) is 127 Å². The van der Waals surface area contributed by atoms with E-state index in [-0.39, 0.29) is 17.9 Å². The van der Waals surface area contributed by atoms with Gasteiger partial charge < -0.3 is 24.1 Å². The van der Waals surface area contributed by atoms with Crippen molar-refractivity contribution in [3.8, 4) is 5.75 Å². The lowest BCUT2D eigenvalue weighted by Gasteiger charge is -2.31. The van der Waals surface area contributed by atoms with Gasteiger partial charge in [0.25, 0.3) is 5.91 Å². The highest BCUT2D eigenvalue weighted by molar-refractivity contribution is 6.08. The van der Waals surface area contributed by atoms with Gasteiger partial charge in [0, 0.05) is 48.0 Å². The Morgan fingerprint density at radius 2 is 2.00 bits per heavy atom. The average molecular weight is 526 g/mol. The van der Waals surface area contributed by atoms with Crippen LogP contribution in [0.4, 0.5) is 4.79 Å². The van der Waals surface area contributed by atoms with Crippen LogP contribution in [0.15, 0.2) is 78.2 Å². The molecule has 0 unspecified atom stereocenters. The van der Waals surface area contributed by atoms with Gasteiger partial charge in [0.15, 0.2) is 12.3 Å². The zero-order valence-electron chi connectivity index (χ0n) is 20.9. The van der Waals surface area contributed by atoms with Crippen molar-refractivity contribution in [3.63, 3.8) is 0 Å². The second-order valence-corrected chi connectivity index (χ2v) is 9.22. The molecule has 2 aliphatic heterocycles. The Morgan fingerprint density at radius 1 is 1.15 bits per heavy atom. The number of carbonyl (C=O) groups is 3. The van der Waals surface area contributed by atoms with E-state index in [0.717, 1.165) is 16.0 Å². The fourth-order valence-electron chi connectivity index (χ4n) is 4.88. The smallest absolute Gasteiger partial charge is 0.341 e. The highest BCUT2D eigenvalue weighted by atomic mass is 16.5. The summed E-state index contributed by atoms with van der Waals surface area (Å²) in [4.78, 5) is 50.4. The molecule has 3 amide bonds. The van der Waals surface area contributed by atoms with E-state index in [9.17, 15) is 14.4 Å². The normalized spacial score (nSPS) is 18.4. The molecule has 0 bridgehead atoms. The number of hydrogen-bond acceptors (Lipinski definition) is 9. The van der Waals surface area contributed by atoms with Gasteiger partial charge in [-0.15, -0.1) is 0 Å². The summed E-state index contributed by atoms with van der Waals surface area (Å²) in [6.45, 7) is 4.13. The van der Waals surface area contributed by atoms with Crippen molar-refractivity contribution >= 4 is 34.6 Å². The van der Waals surface area contributed by atoms with Crippen molar-refractivity contribution in [2.75, 3.05) is 20.4 Å². The first-order chi connectivity index (χ1) is 18.9. The third-order valence-electron chi connectivity index (χ3n) is 6.93. The number of methoxy groups -OCH3 is 1. The van der Waals surface area contributed by atoms with Crippen molar-refractivity contribution in [3.05, 3.63) is 96.3 Å². The number of carbonyl (C=O) groups excluding carboxylic acids is 3. The van der Waals surface area contributed by atoms with Gasteiger partial charge in [0.05, 0.1) is 19.2 Å². The van der Waals surface area contributed by atoms with E-state index in [0.29, 0.717) is 29.0 Å². The first kappa shape index (κ1) is 24.2. The molecule has 0 radical (unpaired) electrons. The predicted molar refractivity (Wildman–Crippen MR) is 138 cm³/mol. The molecule has 39 heavy (non-hydrogen) atoms. The van der Waals surface area contributed by atoms with Crippen molar-refractivity contribution in [1.82, 2.24) is 25.1 Å². The van der Waals surface area contributed by atoms with Crippen LogP contribution in [0.1, 0.15) is 27.2 Å². The van der Waals surface area contributed by atoms with Crippen LogP contribution >= 0.6 is 0 Å². The zero-order chi connectivity index (χ0) is 27.1. The van der Waals surface area contributed by atoms with Crippen LogP contribution < -0.4 is 10.1 Å². The maximum Gasteiger partial charge on any atom is 0.341 e. The van der Waals surface area contributed by atoms with Crippen molar-refractivity contribution in [2.24, 2.45) is 0 Å². The number of fused-ring (bicyclic) bond motifs is 2. The van der Waals surface area contributed by atoms with Crippen molar-refractivity contribution < 1.29 is 28.3 Å². The molecule has 1 atom stereocenters. The maximum atomic E-state index is 14.0. The van der Waals surface area contributed by atoms with Gasteiger partial charge >= 0.3 is 12.0 Å². The third kappa shape index (κ3) is 4.04. The van der Waals surface area contributed by atoms with Gasteiger partial charge in [0.2, 0.25) is 0 Å². The average Bonchev–Trinajstić information content (AvgIpc) is 3.60. The Labute approximate surface area is 222 Å². The number of rotatable bonds is 7. The summed E-state index contributed by atoms with van der Waals surface area (Å²) >= 11 is 0. The molecule has 5 heterocycles. The number of aromatic nitrogens is 2. The van der Waals surface area contributed by atoms with Crippen molar-refractivity contribution in [2.45, 2.75) is 12.1 Å². The number of furan rings is 1. The molecule has 1 saturated heterocycles. The quantitative estimate of drug-likeness (QED) is 0.286. The number of hydrogen-bond donors (Lipinski definition) is 1. The summed E-state index contributed by atoms with van der Waals surface area (Å²) in [5.74, 6) is -0.428. The lowest BCUT2D eigenvalue weighted by atomic mass is 9.94. The Morgan fingerprint density at radius 3 is 2.77 bits per heavy atom. The highest BCUT2D eigenvalue weighted by Crippen LogP contribution is 2.40. The summed E-state index contributed by atoms with van der Waals surface area (Å²) in [6.07, 6.45) is 6.05. The van der Waals surface area contributed by atoms with Crippen LogP contribution in [0, 0.1) is 0 Å². The van der Waals surface area contributed by atoms with Gasteiger partial charge in [-0.3, -0.25) is 14.8 Å². The van der Waals surface area contributed by atoms with E-state index >= 15 is 0 Å². The van der Waals surface area contributed by atoms with Crippen LogP contribution in [0.3, 0.4) is 0 Å². The maximum absolute atomic E-state index is 14.0. The molecule has 1 aromatic carbocycles. The molecule has 0 aliphatic carbocycles. The molecule has 2 aliphatic rings. The SMILES string of the molecule is C=C1c2cc(OC)ccc2CN1C[C@@]1(c2cc3cnccc3o2)NC(=O)N(COC(=O)c2cccnc2)C1=O. The minimum Gasteiger partial charge on any atom is -0.497 e. The molecule has 1 N–H and O–H groups in total. The fraction of sp³-hybridized carbons (Fsp3) is 0.179. The lowest BCUT2D eigenvalue weighted by molar-refractivity contribution is -0.135. The largest absolute Gasteiger partial charge is 0.497 e. The second kappa shape index (κ2) is 9.28. The number of urea groups is 1. The molecule has 11 heteroatoms. The molecule has 4 aromatic rings. The molecule has 0 spiro atoms. The summed E-state index contributed by atoms with van der Waals surface area (Å²) in [5.41, 5.74) is 1.65. The molecule has 3 aromatic heterocycles. The monoisotopic (exact) mass is 525 g/mol. The van der Waals surface area contributed by atoms with Crippen LogP contribution in [0.2, 0.25) is 0 Å². The Kier molecular flexibility index (Phi) is 5.75. The van der Waals surface area contributed by atoms with Crippen molar-refractivity contribution in [1.29, 1.82) is 0 Å². The third-order valence-corrected chi connectivity index (χ3v) is 6.93. The second-order valence-electron chi connectivity index (χ2n) is 9.22. The number of nitrogens with zero attached hydrogens (tertiary/aromatic N) is 4. The van der Waals surface area contributed by atoms with E-state index in [1.807, 2.05) is 23.1 Å². The summed E-state index contributed by atoms with van der Waals surface area (Å²) in [6, 6.07) is 11.4. The number of esters is 1. The molecular formula is C28H23N5O6. The molecule has 196 valence electrons. The van der Waals surface area contributed by atoms with Gasteiger partial charge in [-0.25, -0.2) is 14.5 Å². The molecule has 1 fully saturated rings. The Hall–Kier alpha value is -5.19. The van der Waals surface area contributed by atoms with Gasteiger partial charge in [-0.05, 0) is 42.0 Å². The summed E-state index contributed by atoms with van der Waals surface area (Å²) in [5, 5.41) is 3.49. The first-order valence-electron chi connectivity index (χ1n) is 12.1. The molecule has 11 nitrogen and oxygen atoms in total. The van der Waals surface area contributed by atoms with E-state index in [1.54, 1.807) is 37.7 Å². The number of imide groups is 1. The van der Waals surface area contributed by atoms with Gasteiger partial charge in [-0.1, -0.05) is 12.6 Å². The first-order valence-corrected chi connectivity index (χ1v) is 12.1. The standard InChI is InChI=1S/C28H23N5O6/c1-17-22-11-21(37-2)6-5-19(22)14-32(17)15-28(24-10-20-13-30-9-7-23(20)39-24)26(35)33(27(36)31-28)16-38-25(34)18-4-3-8-29-12-18/h3-13H,1,14-16H2,2H3,(H,31,36)/t28-/m0/s1. The highest BCUT2D eigenvalue weighted by Gasteiger charge is 2.56. The number of amides is 3. The molecule has 0 saturated carbocycles. The van der Waals surface area contributed by atoms with E-state index < -0.39 is 30.2 Å². The number of pyridine rings is 2. The van der Waals surface area contributed by atoms with E-state index in [1.165, 1.54) is 18.5 Å². The molecule has 6 rings (SSSR count). The predicted octanol–water partition coefficient (Wildman–Crippen LogP) is 3.28. The summed E-state index contributed by atoms with van der Waals surface area (Å²) < 4.78 is 16.7. The lowest BCUT2D eigenvalue weighted by Crippen LogP contribution is -2.51. The summed E-state index contributed by atoms with van der Waals surface area (Å²) in [7, 11) is 1.59. The Balaban J connectivity index is 1.33. The van der Waals surface area contributed by atoms with Crippen LogP contribution in [-0.2, 0) is 21.6 Å².